The molecule has 4 nitrogen and oxygen atoms in total. The second kappa shape index (κ2) is 5.10. The minimum absolute atomic E-state index is 0.0739. The zero-order valence-corrected chi connectivity index (χ0v) is 10.9. The number of hydrogen-bond donors (Lipinski definition) is 1. The van der Waals surface area contributed by atoms with Crippen LogP contribution in [0.1, 0.15) is 18.1 Å². The molecule has 1 aromatic rings. The summed E-state index contributed by atoms with van der Waals surface area (Å²) >= 11 is 0. The summed E-state index contributed by atoms with van der Waals surface area (Å²) in [5.74, 6) is -2.43. The summed E-state index contributed by atoms with van der Waals surface area (Å²) in [5, 5.41) is 9.51. The number of methoxy groups -OCH3 is 1. The van der Waals surface area contributed by atoms with E-state index in [0.29, 0.717) is 12.0 Å². The van der Waals surface area contributed by atoms with Gasteiger partial charge in [0, 0.05) is 16.2 Å². The van der Waals surface area contributed by atoms with Crippen molar-refractivity contribution in [2.75, 3.05) is 7.11 Å². The highest BCUT2D eigenvalue weighted by molar-refractivity contribution is 8.13. The Morgan fingerprint density at radius 3 is 2.47 bits per heavy atom. The maximum atomic E-state index is 13.7. The molecular weight excluding hydrogens is 271 g/mol. The van der Waals surface area contributed by atoms with Crippen LogP contribution in [-0.2, 0) is 21.2 Å². The molecule has 1 aromatic carbocycles. The van der Waals surface area contributed by atoms with Gasteiger partial charge in [0.25, 0.3) is 0 Å². The first-order chi connectivity index (χ1) is 7.80. The van der Waals surface area contributed by atoms with Crippen LogP contribution in [0, 0.1) is 5.82 Å². The summed E-state index contributed by atoms with van der Waals surface area (Å²) in [7, 11) is 2.49. The Labute approximate surface area is 103 Å². The number of halogens is 2. The number of phenolic OH excluding ortho intramolecular Hbond substituents is 1. The van der Waals surface area contributed by atoms with E-state index in [1.54, 1.807) is 6.92 Å². The van der Waals surface area contributed by atoms with E-state index in [-0.39, 0.29) is 11.3 Å². The lowest BCUT2D eigenvalue weighted by Crippen LogP contribution is -2.02. The van der Waals surface area contributed by atoms with Gasteiger partial charge < -0.3 is 9.84 Å². The van der Waals surface area contributed by atoms with Gasteiger partial charge >= 0.3 is 0 Å². The molecule has 0 bridgehead atoms. The molecule has 96 valence electrons. The number of rotatable bonds is 4. The zero-order chi connectivity index (χ0) is 13.2. The van der Waals surface area contributed by atoms with Crippen LogP contribution < -0.4 is 4.74 Å². The quantitative estimate of drug-likeness (QED) is 0.860. The molecule has 0 aliphatic carbocycles. The molecule has 1 rings (SSSR count). The Hall–Kier alpha value is -1.01. The van der Waals surface area contributed by atoms with E-state index in [1.165, 1.54) is 13.2 Å². The van der Waals surface area contributed by atoms with Crippen molar-refractivity contribution >= 4 is 19.7 Å². The largest absolute Gasteiger partial charge is 0.505 e. The molecule has 17 heavy (non-hydrogen) atoms. The Morgan fingerprint density at radius 1 is 1.47 bits per heavy atom. The molecular formula is C10H12ClFO4S. The van der Waals surface area contributed by atoms with E-state index < -0.39 is 26.4 Å². The van der Waals surface area contributed by atoms with E-state index in [2.05, 4.69) is 0 Å². The van der Waals surface area contributed by atoms with E-state index in [0.717, 1.165) is 0 Å². The second-order valence-corrected chi connectivity index (χ2v) is 6.20. The lowest BCUT2D eigenvalue weighted by atomic mass is 10.1. The van der Waals surface area contributed by atoms with Gasteiger partial charge in [0.15, 0.2) is 11.5 Å². The monoisotopic (exact) mass is 282 g/mol. The lowest BCUT2D eigenvalue weighted by Gasteiger charge is -2.12. The molecule has 0 atom stereocenters. The summed E-state index contributed by atoms with van der Waals surface area (Å²) in [5.41, 5.74) is 0.397. The Morgan fingerprint density at radius 2 is 2.06 bits per heavy atom. The van der Waals surface area contributed by atoms with Crippen molar-refractivity contribution in [1.29, 1.82) is 0 Å². The average molecular weight is 283 g/mol. The molecule has 0 unspecified atom stereocenters. The van der Waals surface area contributed by atoms with Gasteiger partial charge in [-0.3, -0.25) is 0 Å². The number of ether oxygens (including phenoxy) is 1. The third kappa shape index (κ3) is 3.23. The number of aromatic hydroxyl groups is 1. The number of hydrogen-bond acceptors (Lipinski definition) is 4. The Bertz CT molecular complexity index is 528. The lowest BCUT2D eigenvalue weighted by molar-refractivity contribution is 0.359. The molecule has 1 N–H and O–H groups in total. The fraction of sp³-hybridized carbons (Fsp3) is 0.400. The van der Waals surface area contributed by atoms with Gasteiger partial charge in [0.1, 0.15) is 0 Å². The topological polar surface area (TPSA) is 63.6 Å². The first-order valence-electron chi connectivity index (χ1n) is 4.79. The van der Waals surface area contributed by atoms with Gasteiger partial charge in [-0.25, -0.2) is 8.42 Å². The summed E-state index contributed by atoms with van der Waals surface area (Å²) in [6.07, 6.45) is 0.440. The van der Waals surface area contributed by atoms with Crippen molar-refractivity contribution in [1.82, 2.24) is 0 Å². The zero-order valence-electron chi connectivity index (χ0n) is 9.33. The Balaban J connectivity index is 3.39. The fourth-order valence-corrected chi connectivity index (χ4v) is 2.46. The third-order valence-electron chi connectivity index (χ3n) is 2.26. The molecule has 0 saturated carbocycles. The Kier molecular flexibility index (Phi) is 4.21. The van der Waals surface area contributed by atoms with Crippen LogP contribution in [-0.4, -0.2) is 20.6 Å². The molecule has 0 aliphatic heterocycles. The van der Waals surface area contributed by atoms with Gasteiger partial charge in [-0.2, -0.15) is 4.39 Å². The summed E-state index contributed by atoms with van der Waals surface area (Å²) in [4.78, 5) is 0. The molecule has 0 saturated heterocycles. The van der Waals surface area contributed by atoms with Gasteiger partial charge in [-0.05, 0) is 18.1 Å². The molecule has 0 radical (unpaired) electrons. The number of aryl methyl sites for hydroxylation is 1. The predicted molar refractivity (Wildman–Crippen MR) is 62.5 cm³/mol. The molecule has 0 heterocycles. The average Bonchev–Trinajstić information content (AvgIpc) is 2.22. The van der Waals surface area contributed by atoms with Crippen molar-refractivity contribution in [3.8, 4) is 11.5 Å². The van der Waals surface area contributed by atoms with Crippen LogP contribution in [0.2, 0.25) is 0 Å². The standard InChI is InChI=1S/C10H12ClFO4S/c1-3-6-4-7(5-17(11,14)15)9(13)8(12)10(6)16-2/h4,13H,3,5H2,1-2H3. The highest BCUT2D eigenvalue weighted by Gasteiger charge is 2.20. The molecule has 0 amide bonds. The summed E-state index contributed by atoms with van der Waals surface area (Å²) < 4.78 is 40.3. The second-order valence-electron chi connectivity index (χ2n) is 3.43. The van der Waals surface area contributed by atoms with E-state index in [1.807, 2.05) is 0 Å². The SMILES string of the molecule is CCc1cc(CS(=O)(=O)Cl)c(O)c(F)c1OC. The van der Waals surface area contributed by atoms with Crippen LogP contribution in [0.5, 0.6) is 11.5 Å². The summed E-state index contributed by atoms with van der Waals surface area (Å²) in [6, 6.07) is 1.37. The smallest absolute Gasteiger partial charge is 0.236 e. The van der Waals surface area contributed by atoms with Crippen LogP contribution in [0.4, 0.5) is 4.39 Å². The molecule has 7 heteroatoms. The first-order valence-corrected chi connectivity index (χ1v) is 7.27. The molecule has 0 fully saturated rings. The van der Waals surface area contributed by atoms with Crippen molar-refractivity contribution in [2.24, 2.45) is 0 Å². The van der Waals surface area contributed by atoms with E-state index >= 15 is 0 Å². The van der Waals surface area contributed by atoms with E-state index in [9.17, 15) is 17.9 Å². The molecule has 0 aliphatic rings. The maximum absolute atomic E-state index is 13.7. The maximum Gasteiger partial charge on any atom is 0.236 e. The van der Waals surface area contributed by atoms with Crippen LogP contribution in [0.3, 0.4) is 0 Å². The van der Waals surface area contributed by atoms with Crippen LogP contribution in [0.15, 0.2) is 6.07 Å². The minimum Gasteiger partial charge on any atom is -0.505 e. The fourth-order valence-electron chi connectivity index (χ4n) is 1.51. The van der Waals surface area contributed by atoms with Crippen molar-refractivity contribution in [2.45, 2.75) is 19.1 Å². The minimum atomic E-state index is -3.86. The first kappa shape index (κ1) is 14.1. The molecule has 0 spiro atoms. The van der Waals surface area contributed by atoms with Crippen LogP contribution in [0.25, 0.3) is 0 Å². The van der Waals surface area contributed by atoms with Crippen LogP contribution >= 0.6 is 10.7 Å². The number of phenols is 1. The highest BCUT2D eigenvalue weighted by atomic mass is 35.7. The summed E-state index contributed by atoms with van der Waals surface area (Å²) in [6.45, 7) is 1.76. The van der Waals surface area contributed by atoms with Gasteiger partial charge in [0.05, 0.1) is 12.9 Å². The van der Waals surface area contributed by atoms with Crippen molar-refractivity contribution in [3.05, 3.63) is 23.0 Å². The van der Waals surface area contributed by atoms with Gasteiger partial charge in [0.2, 0.25) is 14.9 Å². The third-order valence-corrected chi connectivity index (χ3v) is 3.25. The normalized spacial score (nSPS) is 11.5. The van der Waals surface area contributed by atoms with Gasteiger partial charge in [-0.1, -0.05) is 6.92 Å². The van der Waals surface area contributed by atoms with Gasteiger partial charge in [-0.15, -0.1) is 0 Å². The van der Waals surface area contributed by atoms with Crippen molar-refractivity contribution < 1.29 is 22.7 Å². The van der Waals surface area contributed by atoms with E-state index in [4.69, 9.17) is 15.4 Å². The predicted octanol–water partition coefficient (Wildman–Crippen LogP) is 2.17. The molecule has 0 aromatic heterocycles. The van der Waals surface area contributed by atoms with Crippen molar-refractivity contribution in [3.63, 3.8) is 0 Å². The highest BCUT2D eigenvalue weighted by Crippen LogP contribution is 2.34. The number of benzene rings is 1.